The zero-order valence-corrected chi connectivity index (χ0v) is 6.63. The van der Waals surface area contributed by atoms with Crippen LogP contribution >= 0.6 is 11.3 Å². The summed E-state index contributed by atoms with van der Waals surface area (Å²) in [5, 5.41) is 8.37. The van der Waals surface area contributed by atoms with Crippen LogP contribution in [0, 0.1) is 6.92 Å². The van der Waals surface area contributed by atoms with E-state index in [2.05, 4.69) is 15.2 Å². The maximum Gasteiger partial charge on any atom is 0.181 e. The smallest absolute Gasteiger partial charge is 0.181 e. The molecule has 0 bridgehead atoms. The summed E-state index contributed by atoms with van der Waals surface area (Å²) in [4.78, 5) is 4.00. The average molecular weight is 167 g/mol. The zero-order valence-electron chi connectivity index (χ0n) is 5.81. The van der Waals surface area contributed by atoms with Gasteiger partial charge in [-0.2, -0.15) is 0 Å². The van der Waals surface area contributed by atoms with Gasteiger partial charge in [0.15, 0.2) is 11.4 Å². The number of oxazole rings is 1. The first-order chi connectivity index (χ1) is 5.38. The van der Waals surface area contributed by atoms with E-state index in [0.29, 0.717) is 0 Å². The van der Waals surface area contributed by atoms with Crippen molar-refractivity contribution in [3.8, 4) is 10.7 Å². The first kappa shape index (κ1) is 6.48. The third-order valence-electron chi connectivity index (χ3n) is 1.31. The molecule has 0 aliphatic rings. The average Bonchev–Trinajstić information content (AvgIpc) is 2.55. The standard InChI is InChI=1S/C6H5N3OS/c1-4-5(7-2-10-4)6-9-8-3-11-6/h2-3H,1H3. The van der Waals surface area contributed by atoms with Gasteiger partial charge in [-0.1, -0.05) is 11.3 Å². The van der Waals surface area contributed by atoms with Crippen molar-refractivity contribution in [1.29, 1.82) is 0 Å². The molecule has 0 fully saturated rings. The molecule has 0 aromatic carbocycles. The Kier molecular flexibility index (Phi) is 1.43. The minimum absolute atomic E-state index is 0.779. The molecule has 0 radical (unpaired) electrons. The van der Waals surface area contributed by atoms with Gasteiger partial charge >= 0.3 is 0 Å². The number of nitrogens with zero attached hydrogens (tertiary/aromatic N) is 3. The van der Waals surface area contributed by atoms with E-state index in [9.17, 15) is 0 Å². The summed E-state index contributed by atoms with van der Waals surface area (Å²) >= 11 is 1.45. The van der Waals surface area contributed by atoms with E-state index in [1.807, 2.05) is 6.92 Å². The van der Waals surface area contributed by atoms with Gasteiger partial charge in [-0.15, -0.1) is 10.2 Å². The number of hydrogen-bond acceptors (Lipinski definition) is 5. The van der Waals surface area contributed by atoms with E-state index < -0.39 is 0 Å². The van der Waals surface area contributed by atoms with Gasteiger partial charge in [-0.05, 0) is 6.92 Å². The molecule has 0 saturated heterocycles. The number of rotatable bonds is 1. The Hall–Kier alpha value is -1.23. The van der Waals surface area contributed by atoms with Gasteiger partial charge in [0.2, 0.25) is 0 Å². The minimum Gasteiger partial charge on any atom is -0.448 e. The predicted octanol–water partition coefficient (Wildman–Crippen LogP) is 1.50. The summed E-state index contributed by atoms with van der Waals surface area (Å²) in [6.07, 6.45) is 1.41. The Morgan fingerprint density at radius 3 is 3.00 bits per heavy atom. The fraction of sp³-hybridized carbons (Fsp3) is 0.167. The summed E-state index contributed by atoms with van der Waals surface area (Å²) in [6.45, 7) is 1.85. The van der Waals surface area contributed by atoms with Crippen molar-refractivity contribution in [2.24, 2.45) is 0 Å². The highest BCUT2D eigenvalue weighted by atomic mass is 32.1. The minimum atomic E-state index is 0.779. The van der Waals surface area contributed by atoms with Gasteiger partial charge in [-0.25, -0.2) is 4.98 Å². The second-order valence-corrected chi connectivity index (χ2v) is 2.83. The summed E-state index contributed by atoms with van der Waals surface area (Å²) in [5.74, 6) is 0.779. The highest BCUT2D eigenvalue weighted by Gasteiger charge is 2.08. The summed E-state index contributed by atoms with van der Waals surface area (Å²) in [5.41, 5.74) is 2.45. The molecule has 11 heavy (non-hydrogen) atoms. The molecule has 0 N–H and O–H groups in total. The maximum absolute atomic E-state index is 5.02. The molecule has 0 aliphatic carbocycles. The number of hydrogen-bond donors (Lipinski definition) is 0. The van der Waals surface area contributed by atoms with Crippen LogP contribution in [0.25, 0.3) is 10.7 Å². The first-order valence-electron chi connectivity index (χ1n) is 3.04. The van der Waals surface area contributed by atoms with Crippen molar-refractivity contribution in [3.63, 3.8) is 0 Å². The van der Waals surface area contributed by atoms with Crippen molar-refractivity contribution in [2.45, 2.75) is 6.92 Å². The molecule has 4 nitrogen and oxygen atoms in total. The lowest BCUT2D eigenvalue weighted by atomic mass is 10.4. The Morgan fingerprint density at radius 2 is 2.45 bits per heavy atom. The summed E-state index contributed by atoms with van der Waals surface area (Å²) in [6, 6.07) is 0. The summed E-state index contributed by atoms with van der Waals surface area (Å²) in [7, 11) is 0. The molecule has 0 spiro atoms. The zero-order chi connectivity index (χ0) is 7.68. The molecule has 2 aromatic rings. The van der Waals surface area contributed by atoms with Crippen LogP contribution in [0.15, 0.2) is 16.3 Å². The molecule has 56 valence electrons. The predicted molar refractivity (Wildman–Crippen MR) is 40.1 cm³/mol. The van der Waals surface area contributed by atoms with Crippen molar-refractivity contribution in [3.05, 3.63) is 17.7 Å². The molecule has 0 amide bonds. The topological polar surface area (TPSA) is 51.8 Å². The van der Waals surface area contributed by atoms with Crippen LogP contribution in [0.1, 0.15) is 5.76 Å². The molecule has 0 atom stereocenters. The highest BCUT2D eigenvalue weighted by Crippen LogP contribution is 2.21. The van der Waals surface area contributed by atoms with E-state index >= 15 is 0 Å². The van der Waals surface area contributed by atoms with Gasteiger partial charge in [-0.3, -0.25) is 0 Å². The fourth-order valence-corrected chi connectivity index (χ4v) is 1.38. The Balaban J connectivity index is 2.53. The molecular formula is C6H5N3OS. The molecule has 0 unspecified atom stereocenters. The van der Waals surface area contributed by atoms with Crippen LogP contribution in [0.3, 0.4) is 0 Å². The third-order valence-corrected chi connectivity index (χ3v) is 2.01. The highest BCUT2D eigenvalue weighted by molar-refractivity contribution is 7.12. The van der Waals surface area contributed by atoms with E-state index in [4.69, 9.17) is 4.42 Å². The Bertz CT molecular complexity index is 340. The van der Waals surface area contributed by atoms with Gasteiger partial charge in [0, 0.05) is 0 Å². The molecule has 0 aliphatic heterocycles. The van der Waals surface area contributed by atoms with Gasteiger partial charge < -0.3 is 4.42 Å². The molecule has 0 saturated carbocycles. The normalized spacial score (nSPS) is 10.3. The van der Waals surface area contributed by atoms with Crippen molar-refractivity contribution < 1.29 is 4.42 Å². The number of aryl methyl sites for hydroxylation is 1. The molecular weight excluding hydrogens is 162 g/mol. The lowest BCUT2D eigenvalue weighted by molar-refractivity contribution is 0.527. The Labute approximate surface area is 66.9 Å². The third kappa shape index (κ3) is 1.03. The largest absolute Gasteiger partial charge is 0.448 e. The van der Waals surface area contributed by atoms with Gasteiger partial charge in [0.1, 0.15) is 17.0 Å². The molecule has 2 aromatic heterocycles. The van der Waals surface area contributed by atoms with Crippen LogP contribution in [0.4, 0.5) is 0 Å². The quantitative estimate of drug-likeness (QED) is 0.645. The second kappa shape index (κ2) is 2.43. The van der Waals surface area contributed by atoms with Gasteiger partial charge in [0.05, 0.1) is 0 Å². The van der Waals surface area contributed by atoms with Crippen LogP contribution in [-0.2, 0) is 0 Å². The SMILES string of the molecule is Cc1ocnc1-c1nncs1. The monoisotopic (exact) mass is 167 g/mol. The van der Waals surface area contributed by atoms with Crippen molar-refractivity contribution in [2.75, 3.05) is 0 Å². The van der Waals surface area contributed by atoms with E-state index in [1.54, 1.807) is 5.51 Å². The molecule has 2 rings (SSSR count). The Morgan fingerprint density at radius 1 is 1.55 bits per heavy atom. The molecule has 2 heterocycles. The second-order valence-electron chi connectivity index (χ2n) is 2.00. The van der Waals surface area contributed by atoms with Crippen LogP contribution in [-0.4, -0.2) is 15.2 Å². The van der Waals surface area contributed by atoms with Crippen molar-refractivity contribution >= 4 is 11.3 Å². The number of aromatic nitrogens is 3. The fourth-order valence-electron chi connectivity index (χ4n) is 0.787. The maximum atomic E-state index is 5.02. The first-order valence-corrected chi connectivity index (χ1v) is 3.92. The van der Waals surface area contributed by atoms with Crippen LogP contribution < -0.4 is 0 Å². The summed E-state index contributed by atoms with van der Waals surface area (Å²) < 4.78 is 5.02. The van der Waals surface area contributed by atoms with Crippen LogP contribution in [0.2, 0.25) is 0 Å². The van der Waals surface area contributed by atoms with Crippen molar-refractivity contribution in [1.82, 2.24) is 15.2 Å². The van der Waals surface area contributed by atoms with Gasteiger partial charge in [0.25, 0.3) is 0 Å². The van der Waals surface area contributed by atoms with E-state index in [0.717, 1.165) is 16.5 Å². The lowest BCUT2D eigenvalue weighted by Gasteiger charge is -1.85. The van der Waals surface area contributed by atoms with E-state index in [-0.39, 0.29) is 0 Å². The molecule has 5 heteroatoms. The lowest BCUT2D eigenvalue weighted by Crippen LogP contribution is -1.78. The van der Waals surface area contributed by atoms with Crippen LogP contribution in [0.5, 0.6) is 0 Å². The van der Waals surface area contributed by atoms with E-state index in [1.165, 1.54) is 17.7 Å².